The van der Waals surface area contributed by atoms with Gasteiger partial charge in [0.15, 0.2) is 11.9 Å². The van der Waals surface area contributed by atoms with E-state index in [1.165, 1.54) is 18.1 Å². The van der Waals surface area contributed by atoms with E-state index in [0.717, 1.165) is 30.4 Å². The number of nitrogens with zero attached hydrogens (tertiary/aromatic N) is 1. The van der Waals surface area contributed by atoms with Crippen LogP contribution in [0.5, 0.6) is 0 Å². The molecule has 0 heterocycles. The topological polar surface area (TPSA) is 116 Å². The lowest BCUT2D eigenvalue weighted by molar-refractivity contribution is -0.150. The summed E-state index contributed by atoms with van der Waals surface area (Å²) in [6.07, 6.45) is 7.23. The van der Waals surface area contributed by atoms with Crippen molar-refractivity contribution in [3.8, 4) is 0 Å². The minimum atomic E-state index is -0.913. The number of carbonyl (C=O) groups excluding carboxylic acids is 3. The van der Waals surface area contributed by atoms with Crippen LogP contribution >= 0.6 is 0 Å². The molecule has 0 aromatic heterocycles. The Morgan fingerprint density at radius 1 is 1.13 bits per heavy atom. The minimum absolute atomic E-state index is 0.0277. The van der Waals surface area contributed by atoms with E-state index in [1.807, 2.05) is 42.2 Å². The van der Waals surface area contributed by atoms with Crippen molar-refractivity contribution in [1.29, 1.82) is 0 Å². The number of esters is 1. The summed E-state index contributed by atoms with van der Waals surface area (Å²) in [4.78, 5) is 40.0. The third-order valence-corrected chi connectivity index (χ3v) is 7.45. The van der Waals surface area contributed by atoms with Crippen LogP contribution in [0.3, 0.4) is 0 Å². The summed E-state index contributed by atoms with van der Waals surface area (Å²) in [7, 11) is 0. The van der Waals surface area contributed by atoms with Gasteiger partial charge < -0.3 is 21.1 Å². The van der Waals surface area contributed by atoms with Crippen LogP contribution in [0.15, 0.2) is 60.7 Å². The number of anilines is 2. The van der Waals surface area contributed by atoms with Crippen LogP contribution in [-0.4, -0.2) is 41.3 Å². The number of ether oxygens (including phenoxy) is 1. The number of benzene rings is 2. The zero-order valence-corrected chi connectivity index (χ0v) is 23.4. The second kappa shape index (κ2) is 13.8. The van der Waals surface area contributed by atoms with Crippen molar-refractivity contribution in [3.63, 3.8) is 0 Å². The third kappa shape index (κ3) is 8.06. The maximum atomic E-state index is 13.1. The molecular weight excluding hydrogens is 490 g/mol. The van der Waals surface area contributed by atoms with Crippen LogP contribution in [0.2, 0.25) is 0 Å². The number of amides is 1. The highest BCUT2D eigenvalue weighted by Crippen LogP contribution is 2.26. The van der Waals surface area contributed by atoms with Crippen LogP contribution in [0.1, 0.15) is 61.8 Å². The number of carbonyl (C=O) groups is 3. The molecule has 0 aliphatic heterocycles. The number of hydrogen-bond acceptors (Lipinski definition) is 6. The summed E-state index contributed by atoms with van der Waals surface area (Å²) >= 11 is 0. The monoisotopic (exact) mass is 531 g/mol. The van der Waals surface area contributed by atoms with E-state index in [4.69, 9.17) is 16.2 Å². The summed E-state index contributed by atoms with van der Waals surface area (Å²) in [5.41, 5.74) is 17.5. The summed E-state index contributed by atoms with van der Waals surface area (Å²) in [6, 6.07) is 11.8. The molecule has 208 valence electrons. The summed E-state index contributed by atoms with van der Waals surface area (Å²) in [5, 5.41) is 0. The molecule has 0 radical (unpaired) electrons. The molecule has 0 saturated heterocycles. The quantitative estimate of drug-likeness (QED) is 0.242. The molecular formula is C32H41N3O4. The summed E-state index contributed by atoms with van der Waals surface area (Å²) in [5.74, 6) is -0.686. The lowest BCUT2D eigenvalue weighted by Crippen LogP contribution is -2.40. The molecule has 0 spiro atoms. The van der Waals surface area contributed by atoms with E-state index in [9.17, 15) is 14.4 Å². The van der Waals surface area contributed by atoms with E-state index >= 15 is 0 Å². The van der Waals surface area contributed by atoms with Crippen LogP contribution < -0.4 is 11.5 Å². The van der Waals surface area contributed by atoms with Crippen molar-refractivity contribution in [2.45, 2.75) is 77.9 Å². The molecule has 0 saturated carbocycles. The Balaban J connectivity index is 1.62. The lowest BCUT2D eigenvalue weighted by atomic mass is 10.00. The Labute approximate surface area is 231 Å². The molecule has 1 aliphatic carbocycles. The number of rotatable bonds is 11. The highest BCUT2D eigenvalue weighted by Gasteiger charge is 2.27. The van der Waals surface area contributed by atoms with Crippen molar-refractivity contribution < 1.29 is 19.1 Å². The molecule has 1 aliphatic rings. The van der Waals surface area contributed by atoms with Gasteiger partial charge in [0.2, 0.25) is 5.91 Å². The first-order chi connectivity index (χ1) is 18.6. The number of allylic oxidation sites excluding steroid dienone is 2. The highest BCUT2D eigenvalue weighted by atomic mass is 16.5. The van der Waals surface area contributed by atoms with E-state index in [-0.39, 0.29) is 24.2 Å². The molecule has 0 bridgehead atoms. The number of nitrogen functional groups attached to an aromatic ring is 2. The molecule has 1 amide bonds. The smallest absolute Gasteiger partial charge is 0.334 e. The number of nitrogens with two attached hydrogens (primary N) is 2. The van der Waals surface area contributed by atoms with Gasteiger partial charge in [-0.15, -0.1) is 6.58 Å². The molecule has 1 unspecified atom stereocenters. The molecule has 0 fully saturated rings. The van der Waals surface area contributed by atoms with Crippen molar-refractivity contribution in [3.05, 3.63) is 83.0 Å². The molecule has 3 rings (SSSR count). The molecule has 7 nitrogen and oxygen atoms in total. The molecule has 4 N–H and O–H groups in total. The van der Waals surface area contributed by atoms with Gasteiger partial charge in [-0.1, -0.05) is 42.5 Å². The molecule has 2 aromatic rings. The van der Waals surface area contributed by atoms with Crippen LogP contribution in [0.4, 0.5) is 11.4 Å². The normalized spacial score (nSPS) is 16.0. The van der Waals surface area contributed by atoms with E-state index in [1.54, 1.807) is 13.0 Å². The number of ketones is 1. The fourth-order valence-corrected chi connectivity index (χ4v) is 5.22. The van der Waals surface area contributed by atoms with Gasteiger partial charge in [0, 0.05) is 31.5 Å². The number of hydrogen-bond donors (Lipinski definition) is 2. The van der Waals surface area contributed by atoms with Crippen molar-refractivity contribution >= 4 is 29.0 Å². The maximum Gasteiger partial charge on any atom is 0.334 e. The molecule has 2 atom stereocenters. The molecule has 7 heteroatoms. The maximum absolute atomic E-state index is 13.1. The minimum Gasteiger partial charge on any atom is -0.451 e. The van der Waals surface area contributed by atoms with Crippen molar-refractivity contribution in [2.75, 3.05) is 18.0 Å². The molecule has 2 aromatic carbocycles. The predicted octanol–water partition coefficient (Wildman–Crippen LogP) is 4.89. The Hall–Kier alpha value is -3.87. The lowest BCUT2D eigenvalue weighted by Gasteiger charge is -2.31. The highest BCUT2D eigenvalue weighted by molar-refractivity contribution is 5.91. The van der Waals surface area contributed by atoms with Gasteiger partial charge in [-0.25, -0.2) is 4.79 Å². The Bertz CT molecular complexity index is 1230. The van der Waals surface area contributed by atoms with Crippen LogP contribution in [0.25, 0.3) is 0 Å². The average molecular weight is 532 g/mol. The van der Waals surface area contributed by atoms with Crippen LogP contribution in [-0.2, 0) is 38.4 Å². The van der Waals surface area contributed by atoms with Gasteiger partial charge in [0.05, 0.1) is 11.4 Å². The zero-order valence-electron chi connectivity index (χ0n) is 23.4. The second-order valence-corrected chi connectivity index (χ2v) is 10.3. The Morgan fingerprint density at radius 3 is 2.49 bits per heavy atom. The fourth-order valence-electron chi connectivity index (χ4n) is 5.22. The SMILES string of the molecule is C=CCc1ccccc1CCN(C(C)=O)C1CCC=C(C(=O)O[C@H](Cc2cc(C)c(N)c(N)c2)C(C)=O)CC1. The van der Waals surface area contributed by atoms with Gasteiger partial charge >= 0.3 is 5.97 Å². The average Bonchev–Trinajstić information content (AvgIpc) is 3.14. The Morgan fingerprint density at radius 2 is 1.85 bits per heavy atom. The van der Waals surface area contributed by atoms with Crippen molar-refractivity contribution in [1.82, 2.24) is 4.90 Å². The summed E-state index contributed by atoms with van der Waals surface area (Å²) < 4.78 is 5.69. The zero-order chi connectivity index (χ0) is 28.5. The standard InChI is InChI=1S/C32H41N3O4/c1-5-9-25-10-6-7-11-26(25)16-17-35(23(4)37)28-13-8-12-27(14-15-28)32(38)39-30(22(3)36)20-24-18-21(2)31(34)29(33)19-24/h5-7,10-12,18-19,28,30H,1,8-9,13-17,20,33-34H2,2-4H3/t28?,30-/m1/s1. The largest absolute Gasteiger partial charge is 0.451 e. The second-order valence-electron chi connectivity index (χ2n) is 10.3. The molecule has 39 heavy (non-hydrogen) atoms. The van der Waals surface area contributed by atoms with Gasteiger partial charge in [-0.3, -0.25) is 9.59 Å². The number of Topliss-reactive ketones (excluding diaryl/α,β-unsaturated/α-hetero) is 1. The number of aryl methyl sites for hydroxylation is 1. The van der Waals surface area contributed by atoms with E-state index in [2.05, 4.69) is 18.7 Å². The van der Waals surface area contributed by atoms with Gasteiger partial charge in [0.1, 0.15) is 0 Å². The first-order valence-electron chi connectivity index (χ1n) is 13.6. The first kappa shape index (κ1) is 29.7. The Kier molecular flexibility index (Phi) is 10.5. The third-order valence-electron chi connectivity index (χ3n) is 7.45. The van der Waals surface area contributed by atoms with Gasteiger partial charge in [-0.05, 0) is 80.7 Å². The van der Waals surface area contributed by atoms with E-state index in [0.29, 0.717) is 42.8 Å². The summed E-state index contributed by atoms with van der Waals surface area (Å²) in [6.45, 7) is 9.33. The first-order valence-corrected chi connectivity index (χ1v) is 13.6. The van der Waals surface area contributed by atoms with E-state index < -0.39 is 12.1 Å². The predicted molar refractivity (Wildman–Crippen MR) is 156 cm³/mol. The fraction of sp³-hybridized carbons (Fsp3) is 0.406. The van der Waals surface area contributed by atoms with Crippen molar-refractivity contribution in [2.24, 2.45) is 0 Å². The van der Waals surface area contributed by atoms with Gasteiger partial charge in [-0.2, -0.15) is 0 Å². The van der Waals surface area contributed by atoms with Crippen LogP contribution in [0, 0.1) is 6.92 Å². The van der Waals surface area contributed by atoms with Gasteiger partial charge in [0.25, 0.3) is 0 Å².